The summed E-state index contributed by atoms with van der Waals surface area (Å²) in [5.41, 5.74) is -0.267. The van der Waals surface area contributed by atoms with E-state index in [1.165, 1.54) is 18.9 Å². The maximum atomic E-state index is 12.6. The number of fused-ring (bicyclic) bond motifs is 1. The zero-order valence-electron chi connectivity index (χ0n) is 14.3. The standard InChI is InChI=1S/C18H21NO6/c1-11(17(22)23)19-8-7-18(6-5-16(19)21)10-14(20)13-4-3-12(24-2)9-15(13)25-18/h3-4,9,11H,5-8,10H2,1-2H3,(H,22,23)/t11-,18+/m1/s1. The number of benzene rings is 1. The number of ketones is 1. The zero-order valence-corrected chi connectivity index (χ0v) is 14.3. The molecule has 134 valence electrons. The molecule has 2 aliphatic heterocycles. The molecule has 0 aliphatic carbocycles. The highest BCUT2D eigenvalue weighted by molar-refractivity contribution is 6.00. The molecular formula is C18H21NO6. The fourth-order valence-corrected chi connectivity index (χ4v) is 3.48. The number of carboxylic acid groups (broad SMARTS) is 1. The van der Waals surface area contributed by atoms with Crippen LogP contribution in [0.4, 0.5) is 0 Å². The van der Waals surface area contributed by atoms with Crippen molar-refractivity contribution in [2.45, 2.75) is 44.2 Å². The van der Waals surface area contributed by atoms with E-state index >= 15 is 0 Å². The van der Waals surface area contributed by atoms with E-state index < -0.39 is 17.6 Å². The zero-order chi connectivity index (χ0) is 18.2. The van der Waals surface area contributed by atoms with Crippen molar-refractivity contribution < 1.29 is 29.0 Å². The van der Waals surface area contributed by atoms with Crippen LogP contribution in [0.2, 0.25) is 0 Å². The van der Waals surface area contributed by atoms with Crippen LogP contribution in [-0.4, -0.2) is 53.0 Å². The van der Waals surface area contributed by atoms with E-state index in [0.717, 1.165) is 0 Å². The molecule has 7 nitrogen and oxygen atoms in total. The Morgan fingerprint density at radius 1 is 1.36 bits per heavy atom. The molecular weight excluding hydrogens is 326 g/mol. The van der Waals surface area contributed by atoms with Crippen molar-refractivity contribution in [3.05, 3.63) is 23.8 Å². The summed E-state index contributed by atoms with van der Waals surface area (Å²) in [7, 11) is 1.54. The van der Waals surface area contributed by atoms with Gasteiger partial charge < -0.3 is 19.5 Å². The predicted octanol–water partition coefficient (Wildman–Crippen LogP) is 1.88. The predicted molar refractivity (Wildman–Crippen MR) is 88.0 cm³/mol. The molecule has 1 aromatic carbocycles. The number of Topliss-reactive ketones (excluding diaryl/α,β-unsaturated/α-hetero) is 1. The van der Waals surface area contributed by atoms with Crippen LogP contribution in [0.15, 0.2) is 18.2 Å². The average molecular weight is 347 g/mol. The van der Waals surface area contributed by atoms with Crippen LogP contribution < -0.4 is 9.47 Å². The maximum absolute atomic E-state index is 12.6. The summed E-state index contributed by atoms with van der Waals surface area (Å²) in [5, 5.41) is 9.18. The fourth-order valence-electron chi connectivity index (χ4n) is 3.48. The Morgan fingerprint density at radius 2 is 2.12 bits per heavy atom. The van der Waals surface area contributed by atoms with Gasteiger partial charge in [-0.25, -0.2) is 4.79 Å². The van der Waals surface area contributed by atoms with Gasteiger partial charge in [-0.15, -0.1) is 0 Å². The van der Waals surface area contributed by atoms with Crippen molar-refractivity contribution in [2.24, 2.45) is 0 Å². The molecule has 1 fully saturated rings. The third-order valence-electron chi connectivity index (χ3n) is 5.05. The second-order valence-corrected chi connectivity index (χ2v) is 6.60. The first-order chi connectivity index (χ1) is 11.8. The number of aliphatic carboxylic acids is 1. The normalized spacial score (nSPS) is 24.3. The number of methoxy groups -OCH3 is 1. The number of amides is 1. The lowest BCUT2D eigenvalue weighted by molar-refractivity contribution is -0.149. The Bertz CT molecular complexity index is 730. The minimum atomic E-state index is -1.04. The fraction of sp³-hybridized carbons (Fsp3) is 0.500. The van der Waals surface area contributed by atoms with Crippen LogP contribution in [0.25, 0.3) is 0 Å². The molecule has 0 radical (unpaired) electrons. The monoisotopic (exact) mass is 347 g/mol. The molecule has 25 heavy (non-hydrogen) atoms. The molecule has 2 heterocycles. The highest BCUT2D eigenvalue weighted by Crippen LogP contribution is 2.41. The molecule has 1 amide bonds. The quantitative estimate of drug-likeness (QED) is 0.897. The van der Waals surface area contributed by atoms with Crippen LogP contribution in [0.1, 0.15) is 43.0 Å². The van der Waals surface area contributed by atoms with Gasteiger partial charge in [0, 0.05) is 25.5 Å². The number of ether oxygens (including phenoxy) is 2. The van der Waals surface area contributed by atoms with E-state index in [9.17, 15) is 19.5 Å². The Balaban J connectivity index is 1.86. The molecule has 2 atom stereocenters. The van der Waals surface area contributed by atoms with E-state index in [4.69, 9.17) is 9.47 Å². The number of carbonyl (C=O) groups is 3. The SMILES string of the molecule is COc1ccc2c(c1)O[C@]1(CCC(=O)N([C@H](C)C(=O)O)CC1)CC2=O. The number of hydrogen-bond donors (Lipinski definition) is 1. The minimum Gasteiger partial charge on any atom is -0.497 e. The van der Waals surface area contributed by atoms with E-state index in [0.29, 0.717) is 29.9 Å². The van der Waals surface area contributed by atoms with Gasteiger partial charge in [0.2, 0.25) is 5.91 Å². The first-order valence-electron chi connectivity index (χ1n) is 8.28. The number of carbonyl (C=O) groups excluding carboxylic acids is 2. The smallest absolute Gasteiger partial charge is 0.326 e. The Hall–Kier alpha value is -2.57. The third-order valence-corrected chi connectivity index (χ3v) is 5.05. The highest BCUT2D eigenvalue weighted by Gasteiger charge is 2.44. The van der Waals surface area contributed by atoms with Crippen LogP contribution in [0, 0.1) is 0 Å². The van der Waals surface area contributed by atoms with Gasteiger partial charge in [0.25, 0.3) is 0 Å². The van der Waals surface area contributed by atoms with Crippen LogP contribution in [-0.2, 0) is 9.59 Å². The summed E-state index contributed by atoms with van der Waals surface area (Å²) < 4.78 is 11.4. The Kier molecular flexibility index (Phi) is 4.41. The van der Waals surface area contributed by atoms with Crippen LogP contribution in [0.3, 0.4) is 0 Å². The third kappa shape index (κ3) is 3.18. The first-order valence-corrected chi connectivity index (χ1v) is 8.28. The van der Waals surface area contributed by atoms with Gasteiger partial charge in [-0.1, -0.05) is 0 Å². The van der Waals surface area contributed by atoms with E-state index in [1.807, 2.05) is 0 Å². The minimum absolute atomic E-state index is 0.0314. The molecule has 0 saturated carbocycles. The number of hydrogen-bond acceptors (Lipinski definition) is 5. The van der Waals surface area contributed by atoms with Crippen molar-refractivity contribution >= 4 is 17.7 Å². The first kappa shape index (κ1) is 17.3. The largest absolute Gasteiger partial charge is 0.497 e. The number of likely N-dealkylation sites (tertiary alicyclic amines) is 1. The Morgan fingerprint density at radius 3 is 2.80 bits per heavy atom. The molecule has 3 rings (SSSR count). The van der Waals surface area contributed by atoms with Crippen molar-refractivity contribution in [2.75, 3.05) is 13.7 Å². The van der Waals surface area contributed by atoms with Crippen molar-refractivity contribution in [3.63, 3.8) is 0 Å². The average Bonchev–Trinajstić information content (AvgIpc) is 2.73. The van der Waals surface area contributed by atoms with E-state index in [1.54, 1.807) is 18.2 Å². The molecule has 7 heteroatoms. The van der Waals surface area contributed by atoms with Gasteiger partial charge in [0.05, 0.1) is 19.1 Å². The molecule has 1 aromatic rings. The lowest BCUT2D eigenvalue weighted by atomic mass is 9.84. The summed E-state index contributed by atoms with van der Waals surface area (Å²) in [6.07, 6.45) is 1.15. The van der Waals surface area contributed by atoms with Gasteiger partial charge in [-0.2, -0.15) is 0 Å². The van der Waals surface area contributed by atoms with Gasteiger partial charge in [-0.3, -0.25) is 9.59 Å². The van der Waals surface area contributed by atoms with Crippen molar-refractivity contribution in [3.8, 4) is 11.5 Å². The Labute approximate surface area is 145 Å². The molecule has 2 aliphatic rings. The van der Waals surface area contributed by atoms with Gasteiger partial charge in [-0.05, 0) is 25.5 Å². The molecule has 1 spiro atoms. The topological polar surface area (TPSA) is 93.1 Å². The van der Waals surface area contributed by atoms with Crippen molar-refractivity contribution in [1.82, 2.24) is 4.90 Å². The molecule has 0 bridgehead atoms. The van der Waals surface area contributed by atoms with Crippen LogP contribution >= 0.6 is 0 Å². The number of rotatable bonds is 3. The summed E-state index contributed by atoms with van der Waals surface area (Å²) >= 11 is 0. The van der Waals surface area contributed by atoms with Gasteiger partial charge in [0.1, 0.15) is 23.1 Å². The maximum Gasteiger partial charge on any atom is 0.326 e. The van der Waals surface area contributed by atoms with Crippen LogP contribution in [0.5, 0.6) is 11.5 Å². The number of nitrogens with zero attached hydrogens (tertiary/aromatic N) is 1. The second kappa shape index (κ2) is 6.38. The summed E-state index contributed by atoms with van der Waals surface area (Å²) in [5.74, 6) is -0.243. The molecule has 1 N–H and O–H groups in total. The lowest BCUT2D eigenvalue weighted by Gasteiger charge is -2.37. The summed E-state index contributed by atoms with van der Waals surface area (Å²) in [6, 6.07) is 4.18. The lowest BCUT2D eigenvalue weighted by Crippen LogP contribution is -2.45. The van der Waals surface area contributed by atoms with E-state index in [-0.39, 0.29) is 31.1 Å². The van der Waals surface area contributed by atoms with Gasteiger partial charge in [0.15, 0.2) is 5.78 Å². The summed E-state index contributed by atoms with van der Waals surface area (Å²) in [6.45, 7) is 1.74. The molecule has 0 aromatic heterocycles. The summed E-state index contributed by atoms with van der Waals surface area (Å²) in [4.78, 5) is 37.4. The van der Waals surface area contributed by atoms with Crippen molar-refractivity contribution in [1.29, 1.82) is 0 Å². The highest BCUT2D eigenvalue weighted by atomic mass is 16.5. The van der Waals surface area contributed by atoms with E-state index in [2.05, 4.69) is 0 Å². The number of carboxylic acids is 1. The molecule has 1 saturated heterocycles. The molecule has 0 unspecified atom stereocenters. The second-order valence-electron chi connectivity index (χ2n) is 6.60. The van der Waals surface area contributed by atoms with Gasteiger partial charge >= 0.3 is 5.97 Å².